The van der Waals surface area contributed by atoms with Crippen LogP contribution in [0.5, 0.6) is 5.75 Å². The highest BCUT2D eigenvalue weighted by Gasteiger charge is 2.15. The van der Waals surface area contributed by atoms with Gasteiger partial charge in [-0.2, -0.15) is 0 Å². The quantitative estimate of drug-likeness (QED) is 0.504. The first kappa shape index (κ1) is 16.0. The molecule has 4 rings (SSSR count). The molecule has 0 N–H and O–H groups in total. The number of ether oxygens (including phenoxy) is 1. The van der Waals surface area contributed by atoms with Gasteiger partial charge in [-0.25, -0.2) is 9.97 Å². The van der Waals surface area contributed by atoms with Crippen molar-refractivity contribution in [2.24, 2.45) is 0 Å². The summed E-state index contributed by atoms with van der Waals surface area (Å²) < 4.78 is 5.82. The van der Waals surface area contributed by atoms with E-state index in [-0.39, 0.29) is 5.78 Å². The Morgan fingerprint density at radius 3 is 2.54 bits per heavy atom. The second kappa shape index (κ2) is 7.15. The molecule has 4 heteroatoms. The highest BCUT2D eigenvalue weighted by molar-refractivity contribution is 6.14. The molecule has 26 heavy (non-hydrogen) atoms. The molecule has 1 aromatic heterocycles. The Labute approximate surface area is 151 Å². The van der Waals surface area contributed by atoms with E-state index >= 15 is 0 Å². The van der Waals surface area contributed by atoms with Crippen LogP contribution in [0.15, 0.2) is 85.2 Å². The summed E-state index contributed by atoms with van der Waals surface area (Å²) in [4.78, 5) is 21.4. The molecule has 0 fully saturated rings. The van der Waals surface area contributed by atoms with Crippen LogP contribution in [0.25, 0.3) is 10.9 Å². The molecule has 0 radical (unpaired) electrons. The van der Waals surface area contributed by atoms with Gasteiger partial charge in [0.15, 0.2) is 0 Å². The molecule has 0 saturated carbocycles. The number of hydrogen-bond donors (Lipinski definition) is 0. The number of carbonyl (C=O) groups is 1. The van der Waals surface area contributed by atoms with Crippen LogP contribution in [0.1, 0.15) is 21.6 Å². The normalized spacial score (nSPS) is 10.6. The van der Waals surface area contributed by atoms with Crippen LogP contribution in [0.4, 0.5) is 0 Å². The third-order valence-corrected chi connectivity index (χ3v) is 4.10. The molecule has 126 valence electrons. The summed E-state index contributed by atoms with van der Waals surface area (Å²) in [6, 6.07) is 24.6. The molecule has 0 amide bonds. The number of rotatable bonds is 5. The van der Waals surface area contributed by atoms with Crippen LogP contribution in [0.3, 0.4) is 0 Å². The molecule has 0 unspecified atom stereocenters. The minimum absolute atomic E-state index is 0.145. The van der Waals surface area contributed by atoms with E-state index in [1.54, 1.807) is 12.1 Å². The molecule has 0 aliphatic rings. The Morgan fingerprint density at radius 1 is 0.846 bits per heavy atom. The van der Waals surface area contributed by atoms with E-state index < -0.39 is 0 Å². The van der Waals surface area contributed by atoms with Gasteiger partial charge in [0.25, 0.3) is 0 Å². The lowest BCUT2D eigenvalue weighted by Gasteiger charge is -2.08. The third kappa shape index (κ3) is 3.30. The second-order valence-electron chi connectivity index (χ2n) is 5.87. The minimum Gasteiger partial charge on any atom is -0.489 e. The number of ketones is 1. The fourth-order valence-electron chi connectivity index (χ4n) is 2.79. The Hall–Kier alpha value is -3.53. The van der Waals surface area contributed by atoms with Gasteiger partial charge in [-0.05, 0) is 23.8 Å². The van der Waals surface area contributed by atoms with E-state index in [1.165, 1.54) is 6.33 Å². The van der Waals surface area contributed by atoms with Crippen LogP contribution >= 0.6 is 0 Å². The minimum atomic E-state index is -0.145. The highest BCUT2D eigenvalue weighted by atomic mass is 16.5. The first-order valence-electron chi connectivity index (χ1n) is 8.32. The number of aromatic nitrogens is 2. The molecule has 0 bridgehead atoms. The van der Waals surface area contributed by atoms with Crippen LogP contribution in [-0.2, 0) is 6.61 Å². The summed E-state index contributed by atoms with van der Waals surface area (Å²) in [5.74, 6) is 0.506. The van der Waals surface area contributed by atoms with E-state index in [1.807, 2.05) is 66.7 Å². The summed E-state index contributed by atoms with van der Waals surface area (Å²) in [6.07, 6.45) is 1.42. The largest absolute Gasteiger partial charge is 0.489 e. The van der Waals surface area contributed by atoms with Crippen molar-refractivity contribution in [3.05, 3.63) is 102 Å². The van der Waals surface area contributed by atoms with Gasteiger partial charge in [0.2, 0.25) is 5.78 Å². The van der Waals surface area contributed by atoms with Crippen molar-refractivity contribution in [3.63, 3.8) is 0 Å². The molecular weight excluding hydrogens is 324 g/mol. The number of hydrogen-bond acceptors (Lipinski definition) is 4. The van der Waals surface area contributed by atoms with Gasteiger partial charge < -0.3 is 4.74 Å². The molecule has 4 nitrogen and oxygen atoms in total. The summed E-state index contributed by atoms with van der Waals surface area (Å²) in [5, 5.41) is 0.746. The number of fused-ring (bicyclic) bond motifs is 1. The zero-order valence-electron chi connectivity index (χ0n) is 14.0. The zero-order valence-corrected chi connectivity index (χ0v) is 14.0. The lowest BCUT2D eigenvalue weighted by atomic mass is 10.0. The fraction of sp³-hybridized carbons (Fsp3) is 0.0455. The summed E-state index contributed by atoms with van der Waals surface area (Å²) in [7, 11) is 0. The maximum absolute atomic E-state index is 12.9. The topological polar surface area (TPSA) is 52.1 Å². The van der Waals surface area contributed by atoms with E-state index in [9.17, 15) is 4.79 Å². The summed E-state index contributed by atoms with van der Waals surface area (Å²) in [5.41, 5.74) is 2.77. The van der Waals surface area contributed by atoms with Gasteiger partial charge in [0.1, 0.15) is 24.4 Å². The third-order valence-electron chi connectivity index (χ3n) is 4.10. The van der Waals surface area contributed by atoms with Crippen LogP contribution in [-0.4, -0.2) is 15.8 Å². The predicted molar refractivity (Wildman–Crippen MR) is 100 cm³/mol. The Morgan fingerprint density at radius 2 is 1.65 bits per heavy atom. The summed E-state index contributed by atoms with van der Waals surface area (Å²) in [6.45, 7) is 0.453. The van der Waals surface area contributed by atoms with Crippen molar-refractivity contribution in [1.29, 1.82) is 0 Å². The number of nitrogens with zero attached hydrogens (tertiary/aromatic N) is 2. The lowest BCUT2D eigenvalue weighted by molar-refractivity contribution is 0.103. The van der Waals surface area contributed by atoms with Gasteiger partial charge in [-0.15, -0.1) is 0 Å². The van der Waals surface area contributed by atoms with Gasteiger partial charge in [0, 0.05) is 10.9 Å². The Kier molecular flexibility index (Phi) is 4.39. The smallest absolute Gasteiger partial charge is 0.212 e. The van der Waals surface area contributed by atoms with E-state index in [4.69, 9.17) is 4.74 Å². The first-order chi connectivity index (χ1) is 12.8. The van der Waals surface area contributed by atoms with Crippen LogP contribution < -0.4 is 4.74 Å². The average Bonchev–Trinajstić information content (AvgIpc) is 2.72. The van der Waals surface area contributed by atoms with Crippen molar-refractivity contribution < 1.29 is 9.53 Å². The Bertz CT molecular complexity index is 1060. The molecular formula is C22H16N2O2. The SMILES string of the molecule is O=C(c1cccc(OCc2ccccc2)c1)c1ncnc2ccccc12. The monoisotopic (exact) mass is 340 g/mol. The van der Waals surface area contributed by atoms with E-state index in [2.05, 4.69) is 9.97 Å². The molecule has 4 aromatic rings. The van der Waals surface area contributed by atoms with Crippen LogP contribution in [0.2, 0.25) is 0 Å². The molecule has 0 saturated heterocycles. The lowest BCUT2D eigenvalue weighted by Crippen LogP contribution is -2.06. The van der Waals surface area contributed by atoms with Gasteiger partial charge in [-0.3, -0.25) is 4.79 Å². The van der Waals surface area contributed by atoms with E-state index in [0.29, 0.717) is 23.6 Å². The van der Waals surface area contributed by atoms with Crippen molar-refractivity contribution >= 4 is 16.7 Å². The highest BCUT2D eigenvalue weighted by Crippen LogP contribution is 2.21. The second-order valence-corrected chi connectivity index (χ2v) is 5.87. The zero-order chi connectivity index (χ0) is 17.8. The molecule has 0 spiro atoms. The summed E-state index contributed by atoms with van der Waals surface area (Å²) >= 11 is 0. The number of para-hydroxylation sites is 1. The number of benzene rings is 3. The van der Waals surface area contributed by atoms with Crippen molar-refractivity contribution in [1.82, 2.24) is 9.97 Å². The number of carbonyl (C=O) groups excluding carboxylic acids is 1. The predicted octanol–water partition coefficient (Wildman–Crippen LogP) is 4.44. The molecule has 0 aliphatic carbocycles. The average molecular weight is 340 g/mol. The van der Waals surface area contributed by atoms with Gasteiger partial charge in [0.05, 0.1) is 5.52 Å². The van der Waals surface area contributed by atoms with Gasteiger partial charge >= 0.3 is 0 Å². The molecule has 1 heterocycles. The van der Waals surface area contributed by atoms with Crippen molar-refractivity contribution in [2.45, 2.75) is 6.61 Å². The van der Waals surface area contributed by atoms with Crippen molar-refractivity contribution in [3.8, 4) is 5.75 Å². The van der Waals surface area contributed by atoms with E-state index in [0.717, 1.165) is 16.5 Å². The Balaban J connectivity index is 1.60. The van der Waals surface area contributed by atoms with Gasteiger partial charge in [-0.1, -0.05) is 60.7 Å². The molecule has 3 aromatic carbocycles. The standard InChI is InChI=1S/C22H16N2O2/c25-22(21-19-11-4-5-12-20(19)23-15-24-21)17-9-6-10-18(13-17)26-14-16-7-2-1-3-8-16/h1-13,15H,14H2. The first-order valence-corrected chi connectivity index (χ1v) is 8.32. The fourth-order valence-corrected chi connectivity index (χ4v) is 2.79. The molecule has 0 aliphatic heterocycles. The maximum atomic E-state index is 12.9. The van der Waals surface area contributed by atoms with Crippen LogP contribution in [0, 0.1) is 0 Å². The maximum Gasteiger partial charge on any atom is 0.212 e. The molecule has 0 atom stereocenters. The van der Waals surface area contributed by atoms with Crippen molar-refractivity contribution in [2.75, 3.05) is 0 Å².